The molecule has 15 heavy (non-hydrogen) atoms. The van der Waals surface area contributed by atoms with E-state index >= 15 is 0 Å². The first-order valence-corrected chi connectivity index (χ1v) is 5.01. The van der Waals surface area contributed by atoms with Gasteiger partial charge >= 0.3 is 0 Å². The number of hydrogen-bond acceptors (Lipinski definition) is 2. The normalized spacial score (nSPS) is 10.7. The summed E-state index contributed by atoms with van der Waals surface area (Å²) in [5, 5.41) is 0. The Morgan fingerprint density at radius 2 is 1.60 bits per heavy atom. The molecule has 0 aliphatic carbocycles. The summed E-state index contributed by atoms with van der Waals surface area (Å²) in [5.41, 5.74) is 4.79. The molecule has 0 bridgehead atoms. The zero-order valence-corrected chi connectivity index (χ0v) is 9.57. The lowest BCUT2D eigenvalue weighted by molar-refractivity contribution is 0.863. The van der Waals surface area contributed by atoms with E-state index in [1.807, 2.05) is 32.6 Å². The molecule has 2 rings (SSSR count). The summed E-state index contributed by atoms with van der Waals surface area (Å²) >= 11 is 0. The second kappa shape index (κ2) is 3.50. The van der Waals surface area contributed by atoms with Gasteiger partial charge in [-0.15, -0.1) is 0 Å². The Kier molecular flexibility index (Phi) is 2.31. The molecule has 0 spiro atoms. The quantitative estimate of drug-likeness (QED) is 0.709. The summed E-state index contributed by atoms with van der Waals surface area (Å²) in [7, 11) is 2.04. The molecule has 3 nitrogen and oxygen atoms in total. The Morgan fingerprint density at radius 1 is 1.00 bits per heavy atom. The largest absolute Gasteiger partial charge is 0.331 e. The predicted octanol–water partition coefficient (Wildman–Crippen LogP) is 2.41. The summed E-state index contributed by atoms with van der Waals surface area (Å²) < 4.78 is 2.11. The van der Waals surface area contributed by atoms with Crippen molar-refractivity contribution in [1.29, 1.82) is 0 Å². The highest BCUT2D eigenvalue weighted by atomic mass is 15.0. The second-order valence-electron chi connectivity index (χ2n) is 3.90. The topological polar surface area (TPSA) is 30.7 Å². The smallest absolute Gasteiger partial charge is 0.105 e. The third-order valence-electron chi connectivity index (χ3n) is 2.80. The molecular formula is C12H15N3. The number of aromatic nitrogens is 3. The molecule has 2 aromatic heterocycles. The molecule has 0 N–H and O–H groups in total. The minimum absolute atomic E-state index is 1.03. The zero-order chi connectivity index (χ0) is 11.0. The molecule has 78 valence electrons. The molecule has 0 aliphatic rings. The van der Waals surface area contributed by atoms with Crippen LogP contribution >= 0.6 is 0 Å². The lowest BCUT2D eigenvalue weighted by Crippen LogP contribution is -1.98. The Labute approximate surface area is 89.8 Å². The standard InChI is InChI=1S/C12H15N3/c1-8-5-13-6-9(2)12(8)11-7-14-10(3)15(11)4/h5-7H,1-4H3. The number of aryl methyl sites for hydroxylation is 3. The Morgan fingerprint density at radius 3 is 2.07 bits per heavy atom. The van der Waals surface area contributed by atoms with Crippen molar-refractivity contribution >= 4 is 0 Å². The minimum atomic E-state index is 1.03. The maximum atomic E-state index is 4.32. The van der Waals surface area contributed by atoms with Crippen LogP contribution < -0.4 is 0 Å². The number of rotatable bonds is 1. The molecule has 0 aliphatic heterocycles. The SMILES string of the molecule is Cc1cncc(C)c1-c1cnc(C)n1C. The minimum Gasteiger partial charge on any atom is -0.331 e. The van der Waals surface area contributed by atoms with Gasteiger partial charge in [0.1, 0.15) is 5.82 Å². The monoisotopic (exact) mass is 201 g/mol. The maximum Gasteiger partial charge on any atom is 0.105 e. The molecule has 0 radical (unpaired) electrons. The van der Waals surface area contributed by atoms with Gasteiger partial charge in [0, 0.05) is 25.0 Å². The van der Waals surface area contributed by atoms with E-state index in [2.05, 4.69) is 28.4 Å². The van der Waals surface area contributed by atoms with Crippen molar-refractivity contribution in [3.63, 3.8) is 0 Å². The average Bonchev–Trinajstić information content (AvgIpc) is 2.49. The van der Waals surface area contributed by atoms with Crippen molar-refractivity contribution in [2.24, 2.45) is 7.05 Å². The summed E-state index contributed by atoms with van der Waals surface area (Å²) in [6.45, 7) is 6.17. The number of pyridine rings is 1. The first-order valence-electron chi connectivity index (χ1n) is 5.01. The second-order valence-corrected chi connectivity index (χ2v) is 3.90. The van der Waals surface area contributed by atoms with Gasteiger partial charge in [0.2, 0.25) is 0 Å². The van der Waals surface area contributed by atoms with Crippen LogP contribution in [0.15, 0.2) is 18.6 Å². The fourth-order valence-corrected chi connectivity index (χ4v) is 1.84. The number of hydrogen-bond donors (Lipinski definition) is 0. The van der Waals surface area contributed by atoms with E-state index in [0.717, 1.165) is 11.5 Å². The van der Waals surface area contributed by atoms with Crippen molar-refractivity contribution in [2.45, 2.75) is 20.8 Å². The van der Waals surface area contributed by atoms with Gasteiger partial charge in [0.05, 0.1) is 11.9 Å². The average molecular weight is 201 g/mol. The molecule has 0 amide bonds. The van der Waals surface area contributed by atoms with Crippen molar-refractivity contribution < 1.29 is 0 Å². The fraction of sp³-hybridized carbons (Fsp3) is 0.333. The summed E-state index contributed by atoms with van der Waals surface area (Å²) in [6, 6.07) is 0. The summed E-state index contributed by atoms with van der Waals surface area (Å²) in [6.07, 6.45) is 5.71. The molecule has 0 saturated heterocycles. The highest BCUT2D eigenvalue weighted by Crippen LogP contribution is 2.26. The van der Waals surface area contributed by atoms with Gasteiger partial charge in [0.15, 0.2) is 0 Å². The molecule has 2 heterocycles. The third kappa shape index (κ3) is 1.54. The molecule has 0 saturated carbocycles. The van der Waals surface area contributed by atoms with Gasteiger partial charge in [-0.25, -0.2) is 4.98 Å². The fourth-order valence-electron chi connectivity index (χ4n) is 1.84. The van der Waals surface area contributed by atoms with E-state index in [1.165, 1.54) is 16.7 Å². The lowest BCUT2D eigenvalue weighted by Gasteiger charge is -2.09. The van der Waals surface area contributed by atoms with Crippen LogP contribution in [0, 0.1) is 20.8 Å². The van der Waals surface area contributed by atoms with Gasteiger partial charge in [-0.05, 0) is 31.9 Å². The first-order chi connectivity index (χ1) is 7.11. The van der Waals surface area contributed by atoms with Crippen molar-refractivity contribution in [1.82, 2.24) is 14.5 Å². The van der Waals surface area contributed by atoms with Crippen molar-refractivity contribution in [3.8, 4) is 11.3 Å². The van der Waals surface area contributed by atoms with Crippen LogP contribution in [0.3, 0.4) is 0 Å². The van der Waals surface area contributed by atoms with Gasteiger partial charge in [-0.1, -0.05) is 0 Å². The molecule has 0 atom stereocenters. The van der Waals surface area contributed by atoms with Crippen LogP contribution in [0.2, 0.25) is 0 Å². The van der Waals surface area contributed by atoms with Crippen LogP contribution in [0.5, 0.6) is 0 Å². The summed E-state index contributed by atoms with van der Waals surface area (Å²) in [5.74, 6) is 1.03. The Bertz CT molecular complexity index is 477. The first kappa shape index (κ1) is 9.90. The molecule has 0 unspecified atom stereocenters. The van der Waals surface area contributed by atoms with Crippen LogP contribution in [-0.2, 0) is 7.05 Å². The third-order valence-corrected chi connectivity index (χ3v) is 2.80. The van der Waals surface area contributed by atoms with E-state index in [4.69, 9.17) is 0 Å². The van der Waals surface area contributed by atoms with Gasteiger partial charge in [0.25, 0.3) is 0 Å². The maximum absolute atomic E-state index is 4.32. The number of nitrogens with zero attached hydrogens (tertiary/aromatic N) is 3. The van der Waals surface area contributed by atoms with E-state index in [0.29, 0.717) is 0 Å². The number of imidazole rings is 1. The molecule has 0 aromatic carbocycles. The van der Waals surface area contributed by atoms with Crippen LogP contribution in [0.1, 0.15) is 17.0 Å². The van der Waals surface area contributed by atoms with Crippen molar-refractivity contribution in [3.05, 3.63) is 35.5 Å². The van der Waals surface area contributed by atoms with Crippen molar-refractivity contribution in [2.75, 3.05) is 0 Å². The molecule has 3 heteroatoms. The Balaban J connectivity index is 2.69. The molecular weight excluding hydrogens is 186 g/mol. The van der Waals surface area contributed by atoms with Gasteiger partial charge in [-0.2, -0.15) is 0 Å². The highest BCUT2D eigenvalue weighted by Gasteiger charge is 2.10. The van der Waals surface area contributed by atoms with E-state index < -0.39 is 0 Å². The van der Waals surface area contributed by atoms with Gasteiger partial charge < -0.3 is 4.57 Å². The lowest BCUT2D eigenvalue weighted by atomic mass is 10.0. The van der Waals surface area contributed by atoms with E-state index in [-0.39, 0.29) is 0 Å². The van der Waals surface area contributed by atoms with Crippen LogP contribution in [-0.4, -0.2) is 14.5 Å². The van der Waals surface area contributed by atoms with E-state index in [1.54, 1.807) is 0 Å². The highest BCUT2D eigenvalue weighted by molar-refractivity contribution is 5.66. The Hall–Kier alpha value is -1.64. The molecule has 0 fully saturated rings. The molecule has 2 aromatic rings. The van der Waals surface area contributed by atoms with E-state index in [9.17, 15) is 0 Å². The predicted molar refractivity (Wildman–Crippen MR) is 60.7 cm³/mol. The van der Waals surface area contributed by atoms with Crippen LogP contribution in [0.25, 0.3) is 11.3 Å². The summed E-state index contributed by atoms with van der Waals surface area (Å²) in [4.78, 5) is 8.49. The zero-order valence-electron chi connectivity index (χ0n) is 9.57. The van der Waals surface area contributed by atoms with Crippen LogP contribution in [0.4, 0.5) is 0 Å². The van der Waals surface area contributed by atoms with Gasteiger partial charge in [-0.3, -0.25) is 4.98 Å².